The van der Waals surface area contributed by atoms with Gasteiger partial charge in [0.15, 0.2) is 0 Å². The summed E-state index contributed by atoms with van der Waals surface area (Å²) in [4.78, 5) is 12.2. The van der Waals surface area contributed by atoms with Crippen molar-refractivity contribution in [3.63, 3.8) is 0 Å². The van der Waals surface area contributed by atoms with E-state index in [-0.39, 0.29) is 5.97 Å². The topological polar surface area (TPSA) is 44.8 Å². The number of carbonyl (C=O) groups excluding carboxylic acids is 1. The first-order valence-corrected chi connectivity index (χ1v) is 8.93. The number of benzene rings is 3. The second kappa shape index (κ2) is 10.0. The lowest BCUT2D eigenvalue weighted by Gasteiger charge is -2.10. The lowest BCUT2D eigenvalue weighted by molar-refractivity contribution is 0.0508. The van der Waals surface area contributed by atoms with E-state index in [1.54, 1.807) is 18.2 Å². The van der Waals surface area contributed by atoms with Gasteiger partial charge in [0.1, 0.15) is 24.7 Å². The Labute approximate surface area is 159 Å². The van der Waals surface area contributed by atoms with Crippen molar-refractivity contribution >= 4 is 5.97 Å². The molecule has 0 atom stereocenters. The maximum Gasteiger partial charge on any atom is 0.338 e. The number of hydrogen-bond acceptors (Lipinski definition) is 4. The fourth-order valence-electron chi connectivity index (χ4n) is 2.54. The molecular weight excluding hydrogens is 340 g/mol. The highest BCUT2D eigenvalue weighted by Gasteiger charge is 2.08. The first-order valence-electron chi connectivity index (χ1n) is 8.93. The normalized spacial score (nSPS) is 10.2. The third-order valence-electron chi connectivity index (χ3n) is 3.90. The Morgan fingerprint density at radius 3 is 2.04 bits per heavy atom. The van der Waals surface area contributed by atoms with Gasteiger partial charge in [-0.3, -0.25) is 0 Å². The monoisotopic (exact) mass is 362 g/mol. The van der Waals surface area contributed by atoms with Crippen molar-refractivity contribution in [1.82, 2.24) is 0 Å². The van der Waals surface area contributed by atoms with Crippen molar-refractivity contribution in [2.75, 3.05) is 19.8 Å². The van der Waals surface area contributed by atoms with Crippen molar-refractivity contribution in [2.24, 2.45) is 0 Å². The van der Waals surface area contributed by atoms with Crippen LogP contribution in [-0.4, -0.2) is 25.8 Å². The van der Waals surface area contributed by atoms with E-state index >= 15 is 0 Å². The Balaban J connectivity index is 1.42. The molecule has 0 saturated carbocycles. The quantitative estimate of drug-likeness (QED) is 0.414. The van der Waals surface area contributed by atoms with Crippen molar-refractivity contribution < 1.29 is 19.0 Å². The first kappa shape index (κ1) is 18.5. The highest BCUT2D eigenvalue weighted by Crippen LogP contribution is 2.15. The summed E-state index contributed by atoms with van der Waals surface area (Å²) < 4.78 is 16.6. The van der Waals surface area contributed by atoms with Crippen LogP contribution in [0.25, 0.3) is 0 Å². The molecule has 0 aliphatic heterocycles. The minimum absolute atomic E-state index is 0.346. The fourth-order valence-corrected chi connectivity index (χ4v) is 2.54. The molecule has 0 aliphatic rings. The van der Waals surface area contributed by atoms with E-state index in [0.717, 1.165) is 11.3 Å². The molecular formula is C23H22O4. The van der Waals surface area contributed by atoms with Gasteiger partial charge in [-0.1, -0.05) is 54.6 Å². The molecule has 27 heavy (non-hydrogen) atoms. The number of esters is 1. The summed E-state index contributed by atoms with van der Waals surface area (Å²) in [6.45, 7) is 1.16. The minimum Gasteiger partial charge on any atom is -0.490 e. The van der Waals surface area contributed by atoms with E-state index in [1.807, 2.05) is 66.7 Å². The molecule has 3 rings (SSSR count). The zero-order chi connectivity index (χ0) is 18.7. The van der Waals surface area contributed by atoms with Crippen LogP contribution in [0.5, 0.6) is 11.5 Å². The van der Waals surface area contributed by atoms with Gasteiger partial charge in [0.25, 0.3) is 0 Å². The van der Waals surface area contributed by atoms with Gasteiger partial charge >= 0.3 is 5.97 Å². The van der Waals surface area contributed by atoms with Gasteiger partial charge in [-0.15, -0.1) is 0 Å². The summed E-state index contributed by atoms with van der Waals surface area (Å²) in [7, 11) is 0. The van der Waals surface area contributed by atoms with Crippen molar-refractivity contribution in [3.05, 3.63) is 96.1 Å². The van der Waals surface area contributed by atoms with Crippen LogP contribution < -0.4 is 9.47 Å². The lowest BCUT2D eigenvalue weighted by atomic mass is 10.2. The summed E-state index contributed by atoms with van der Waals surface area (Å²) in [5, 5.41) is 0. The van der Waals surface area contributed by atoms with E-state index < -0.39 is 0 Å². The number of carbonyl (C=O) groups is 1. The molecule has 0 N–H and O–H groups in total. The van der Waals surface area contributed by atoms with Gasteiger partial charge in [-0.2, -0.15) is 0 Å². The Kier molecular flexibility index (Phi) is 6.87. The van der Waals surface area contributed by atoms with Gasteiger partial charge < -0.3 is 14.2 Å². The summed E-state index contributed by atoms with van der Waals surface area (Å²) in [6.07, 6.45) is 0.694. The second-order valence-electron chi connectivity index (χ2n) is 5.91. The van der Waals surface area contributed by atoms with Gasteiger partial charge in [-0.25, -0.2) is 4.79 Å². The largest absolute Gasteiger partial charge is 0.490 e. The van der Waals surface area contributed by atoms with Crippen LogP contribution in [-0.2, 0) is 11.2 Å². The number of rotatable bonds is 9. The average Bonchev–Trinajstić information content (AvgIpc) is 2.73. The standard InChI is InChI=1S/C23H22O4/c24-23(27-15-14-19-8-3-1-4-9-19)20-10-7-13-22(18-20)26-17-16-25-21-11-5-2-6-12-21/h1-13,18H,14-17H2. The zero-order valence-corrected chi connectivity index (χ0v) is 15.0. The smallest absolute Gasteiger partial charge is 0.338 e. The molecule has 0 radical (unpaired) electrons. The molecule has 138 valence electrons. The number of ether oxygens (including phenoxy) is 3. The molecule has 4 nitrogen and oxygen atoms in total. The molecule has 3 aromatic rings. The molecule has 0 saturated heterocycles. The zero-order valence-electron chi connectivity index (χ0n) is 15.0. The molecule has 0 unspecified atom stereocenters. The average molecular weight is 362 g/mol. The predicted octanol–water partition coefficient (Wildman–Crippen LogP) is 4.54. The molecule has 4 heteroatoms. The molecule has 0 amide bonds. The van der Waals surface area contributed by atoms with Crippen LogP contribution in [0, 0.1) is 0 Å². The van der Waals surface area contributed by atoms with Gasteiger partial charge in [0, 0.05) is 6.42 Å². The van der Waals surface area contributed by atoms with E-state index in [2.05, 4.69) is 0 Å². The van der Waals surface area contributed by atoms with Gasteiger partial charge in [0.2, 0.25) is 0 Å². The third kappa shape index (κ3) is 6.19. The van der Waals surface area contributed by atoms with Crippen molar-refractivity contribution in [1.29, 1.82) is 0 Å². The van der Waals surface area contributed by atoms with Crippen molar-refractivity contribution in [2.45, 2.75) is 6.42 Å². The third-order valence-corrected chi connectivity index (χ3v) is 3.90. The van der Waals surface area contributed by atoms with Gasteiger partial charge in [-0.05, 0) is 35.9 Å². The summed E-state index contributed by atoms with van der Waals surface area (Å²) in [6, 6.07) is 26.5. The van der Waals surface area contributed by atoms with Crippen LogP contribution in [0.3, 0.4) is 0 Å². The van der Waals surface area contributed by atoms with Crippen LogP contribution in [0.2, 0.25) is 0 Å². The molecule has 0 aliphatic carbocycles. The molecule has 0 aromatic heterocycles. The SMILES string of the molecule is O=C(OCCc1ccccc1)c1cccc(OCCOc2ccccc2)c1. The van der Waals surface area contributed by atoms with Crippen molar-refractivity contribution in [3.8, 4) is 11.5 Å². The van der Waals surface area contributed by atoms with E-state index in [4.69, 9.17) is 14.2 Å². The molecule has 3 aromatic carbocycles. The van der Waals surface area contributed by atoms with E-state index in [9.17, 15) is 4.79 Å². The van der Waals surface area contributed by atoms with Crippen LogP contribution >= 0.6 is 0 Å². The van der Waals surface area contributed by atoms with Crippen LogP contribution in [0.4, 0.5) is 0 Å². The summed E-state index contributed by atoms with van der Waals surface area (Å²) in [5.41, 5.74) is 1.62. The molecule has 0 spiro atoms. The van der Waals surface area contributed by atoms with Gasteiger partial charge in [0.05, 0.1) is 12.2 Å². The summed E-state index contributed by atoms with van der Waals surface area (Å²) in [5.74, 6) is 1.07. The Hall–Kier alpha value is -3.27. The Morgan fingerprint density at radius 2 is 1.30 bits per heavy atom. The maximum atomic E-state index is 12.2. The lowest BCUT2D eigenvalue weighted by Crippen LogP contribution is -2.10. The number of para-hydroxylation sites is 1. The molecule has 0 fully saturated rings. The Morgan fingerprint density at radius 1 is 0.667 bits per heavy atom. The Bertz CT molecular complexity index is 831. The van der Waals surface area contributed by atoms with E-state index in [1.165, 1.54) is 0 Å². The van der Waals surface area contributed by atoms with Crippen LogP contribution in [0.1, 0.15) is 15.9 Å². The maximum absolute atomic E-state index is 12.2. The highest BCUT2D eigenvalue weighted by atomic mass is 16.5. The summed E-state index contributed by atoms with van der Waals surface area (Å²) >= 11 is 0. The second-order valence-corrected chi connectivity index (χ2v) is 5.91. The fraction of sp³-hybridized carbons (Fsp3) is 0.174. The predicted molar refractivity (Wildman–Crippen MR) is 104 cm³/mol. The molecule has 0 bridgehead atoms. The van der Waals surface area contributed by atoms with Crippen LogP contribution in [0.15, 0.2) is 84.9 Å². The molecule has 0 heterocycles. The minimum atomic E-state index is -0.350. The number of hydrogen-bond donors (Lipinski definition) is 0. The highest BCUT2D eigenvalue weighted by molar-refractivity contribution is 5.89. The van der Waals surface area contributed by atoms with E-state index in [0.29, 0.717) is 37.6 Å². The first-order chi connectivity index (χ1) is 13.3.